The van der Waals surface area contributed by atoms with Gasteiger partial charge in [0.05, 0.1) is 11.6 Å². The van der Waals surface area contributed by atoms with Crippen LogP contribution in [-0.2, 0) is 14.8 Å². The lowest BCUT2D eigenvalue weighted by molar-refractivity contribution is -0.131. The summed E-state index contributed by atoms with van der Waals surface area (Å²) in [4.78, 5) is 24.0. The Labute approximate surface area is 139 Å². The predicted molar refractivity (Wildman–Crippen MR) is 84.4 cm³/mol. The zero-order valence-electron chi connectivity index (χ0n) is 12.2. The molecule has 0 bridgehead atoms. The maximum Gasteiger partial charge on any atom is 0.312 e. The Kier molecular flexibility index (Phi) is 5.45. The van der Waals surface area contributed by atoms with Crippen molar-refractivity contribution in [2.24, 2.45) is 5.73 Å². The van der Waals surface area contributed by atoms with Crippen LogP contribution in [-0.4, -0.2) is 62.3 Å². The minimum Gasteiger partial charge on any atom is -0.352 e. The number of rotatable bonds is 4. The lowest BCUT2D eigenvalue weighted by atomic mass is 10.3. The molecule has 0 saturated carbocycles. The topological polar surface area (TPSA) is 113 Å². The highest BCUT2D eigenvalue weighted by Gasteiger charge is 2.31. The Morgan fingerprint density at radius 2 is 1.78 bits per heavy atom. The number of carbonyl (C=O) groups excluding carboxylic acids is 2. The summed E-state index contributed by atoms with van der Waals surface area (Å²) in [6.45, 7) is 0.601. The normalized spacial score (nSPS) is 16.1. The average molecular weight is 361 g/mol. The first kappa shape index (κ1) is 17.5. The number of benzene rings is 1. The zero-order chi connectivity index (χ0) is 17.0. The Morgan fingerprint density at radius 1 is 1.17 bits per heavy atom. The molecule has 1 aliphatic rings. The Morgan fingerprint density at radius 3 is 2.35 bits per heavy atom. The maximum atomic E-state index is 12.6. The van der Waals surface area contributed by atoms with E-state index < -0.39 is 16.1 Å². The van der Waals surface area contributed by atoms with Gasteiger partial charge in [-0.2, -0.15) is 4.31 Å². The van der Waals surface area contributed by atoms with Gasteiger partial charge < -0.3 is 16.0 Å². The molecule has 1 saturated heterocycles. The van der Waals surface area contributed by atoms with Crippen LogP contribution in [0.2, 0.25) is 5.02 Å². The number of hydrogen-bond donors (Lipinski definition) is 2. The van der Waals surface area contributed by atoms with E-state index in [2.05, 4.69) is 5.32 Å². The van der Waals surface area contributed by atoms with Gasteiger partial charge in [0.15, 0.2) is 0 Å². The van der Waals surface area contributed by atoms with Crippen molar-refractivity contribution >= 4 is 33.6 Å². The van der Waals surface area contributed by atoms with Gasteiger partial charge in [-0.1, -0.05) is 23.7 Å². The molecule has 2 rings (SSSR count). The molecule has 1 fully saturated rings. The molecule has 126 valence electrons. The van der Waals surface area contributed by atoms with Crippen LogP contribution in [0.25, 0.3) is 0 Å². The highest BCUT2D eigenvalue weighted by molar-refractivity contribution is 7.89. The zero-order valence-corrected chi connectivity index (χ0v) is 13.8. The van der Waals surface area contributed by atoms with Crippen molar-refractivity contribution in [3.05, 3.63) is 29.3 Å². The van der Waals surface area contributed by atoms with Crippen LogP contribution < -0.4 is 11.1 Å². The summed E-state index contributed by atoms with van der Waals surface area (Å²) >= 11 is 5.96. The second-order valence-corrected chi connectivity index (χ2v) is 7.25. The minimum atomic E-state index is -3.69. The second-order valence-electron chi connectivity index (χ2n) is 4.93. The fraction of sp³-hybridized carbons (Fsp3) is 0.385. The third-order valence-electron chi connectivity index (χ3n) is 3.46. The number of carbonyl (C=O) groups is 2. The average Bonchev–Trinajstić information content (AvgIpc) is 2.53. The van der Waals surface area contributed by atoms with Gasteiger partial charge in [-0.15, -0.1) is 0 Å². The summed E-state index contributed by atoms with van der Waals surface area (Å²) < 4.78 is 26.4. The summed E-state index contributed by atoms with van der Waals surface area (Å²) in [5.74, 6) is -0.307. The molecule has 1 aromatic rings. The van der Waals surface area contributed by atoms with Gasteiger partial charge in [0.2, 0.25) is 15.9 Å². The number of hydrogen-bond acceptors (Lipinski definition) is 4. The number of halogens is 1. The van der Waals surface area contributed by atoms with Gasteiger partial charge in [0.25, 0.3) is 0 Å². The molecule has 0 unspecified atom stereocenters. The number of nitrogens with zero attached hydrogens (tertiary/aromatic N) is 2. The van der Waals surface area contributed by atoms with Gasteiger partial charge in [-0.05, 0) is 12.1 Å². The van der Waals surface area contributed by atoms with Crippen LogP contribution in [0.3, 0.4) is 0 Å². The van der Waals surface area contributed by atoms with Crippen molar-refractivity contribution in [2.45, 2.75) is 4.90 Å². The van der Waals surface area contributed by atoms with Crippen LogP contribution in [0, 0.1) is 0 Å². The standard InChI is InChI=1S/C13H17ClN4O4S/c14-10-3-1-2-4-11(10)23(21,22)18-7-5-17(6-8-18)12(19)9-16-13(15)20/h1-4H,5-9H2,(H3,15,16,20). The first-order chi connectivity index (χ1) is 10.8. The molecule has 0 radical (unpaired) electrons. The summed E-state index contributed by atoms with van der Waals surface area (Å²) in [5.41, 5.74) is 4.91. The fourth-order valence-corrected chi connectivity index (χ4v) is 4.16. The Bertz CT molecular complexity index is 702. The van der Waals surface area contributed by atoms with Gasteiger partial charge in [-0.3, -0.25) is 4.79 Å². The molecule has 1 heterocycles. The Hall–Kier alpha value is -1.84. The van der Waals surface area contributed by atoms with E-state index in [0.717, 1.165) is 0 Å². The molecule has 0 aromatic heterocycles. The van der Waals surface area contributed by atoms with E-state index in [1.807, 2.05) is 0 Å². The number of urea groups is 1. The molecule has 10 heteroatoms. The molecule has 0 spiro atoms. The first-order valence-corrected chi connectivity index (χ1v) is 8.70. The first-order valence-electron chi connectivity index (χ1n) is 6.88. The van der Waals surface area contributed by atoms with E-state index >= 15 is 0 Å². The van der Waals surface area contributed by atoms with Crippen LogP contribution in [0.15, 0.2) is 29.2 Å². The number of sulfonamides is 1. The molecule has 0 atom stereocenters. The largest absolute Gasteiger partial charge is 0.352 e. The third kappa shape index (κ3) is 4.12. The summed E-state index contributed by atoms with van der Waals surface area (Å²) in [6, 6.07) is 5.45. The number of piperazine rings is 1. The van der Waals surface area contributed by atoms with Crippen LogP contribution in [0.1, 0.15) is 0 Å². The molecule has 1 aliphatic heterocycles. The third-order valence-corrected chi connectivity index (χ3v) is 5.86. The molecular formula is C13H17ClN4O4S. The van der Waals surface area contributed by atoms with Gasteiger partial charge in [0.1, 0.15) is 4.90 Å². The summed E-state index contributed by atoms with van der Waals surface area (Å²) in [5, 5.41) is 2.38. The minimum absolute atomic E-state index is 0.0526. The van der Waals surface area contributed by atoms with E-state index in [1.165, 1.54) is 21.3 Å². The highest BCUT2D eigenvalue weighted by atomic mass is 35.5. The monoisotopic (exact) mass is 360 g/mol. The van der Waals surface area contributed by atoms with E-state index in [0.29, 0.717) is 0 Å². The molecule has 1 aromatic carbocycles. The van der Waals surface area contributed by atoms with Crippen LogP contribution in [0.4, 0.5) is 4.79 Å². The quantitative estimate of drug-likeness (QED) is 0.776. The number of nitrogens with one attached hydrogen (secondary N) is 1. The molecule has 0 aliphatic carbocycles. The predicted octanol–water partition coefficient (Wildman–Crippen LogP) is -0.159. The van der Waals surface area contributed by atoms with Crippen molar-refractivity contribution in [1.29, 1.82) is 0 Å². The molecular weight excluding hydrogens is 344 g/mol. The number of amides is 3. The van der Waals surface area contributed by atoms with Gasteiger partial charge in [0, 0.05) is 26.2 Å². The van der Waals surface area contributed by atoms with Gasteiger partial charge >= 0.3 is 6.03 Å². The van der Waals surface area contributed by atoms with Crippen molar-refractivity contribution in [3.8, 4) is 0 Å². The summed E-state index contributed by atoms with van der Waals surface area (Å²) in [7, 11) is -3.69. The summed E-state index contributed by atoms with van der Waals surface area (Å²) in [6.07, 6.45) is 0. The lowest BCUT2D eigenvalue weighted by Crippen LogP contribution is -2.52. The SMILES string of the molecule is NC(=O)NCC(=O)N1CCN(S(=O)(=O)c2ccccc2Cl)CC1. The van der Waals surface area contributed by atoms with Crippen LogP contribution in [0.5, 0.6) is 0 Å². The molecule has 23 heavy (non-hydrogen) atoms. The maximum absolute atomic E-state index is 12.6. The Balaban J connectivity index is 2.00. The van der Waals surface area contributed by atoms with E-state index in [4.69, 9.17) is 17.3 Å². The smallest absolute Gasteiger partial charge is 0.312 e. The van der Waals surface area contributed by atoms with Crippen molar-refractivity contribution in [3.63, 3.8) is 0 Å². The van der Waals surface area contributed by atoms with E-state index in [1.54, 1.807) is 12.1 Å². The van der Waals surface area contributed by atoms with Crippen molar-refractivity contribution in [2.75, 3.05) is 32.7 Å². The van der Waals surface area contributed by atoms with E-state index in [-0.39, 0.29) is 48.5 Å². The van der Waals surface area contributed by atoms with Crippen molar-refractivity contribution in [1.82, 2.24) is 14.5 Å². The lowest BCUT2D eigenvalue weighted by Gasteiger charge is -2.34. The van der Waals surface area contributed by atoms with Crippen molar-refractivity contribution < 1.29 is 18.0 Å². The number of primary amides is 1. The fourth-order valence-electron chi connectivity index (χ4n) is 2.25. The van der Waals surface area contributed by atoms with E-state index in [9.17, 15) is 18.0 Å². The van der Waals surface area contributed by atoms with Gasteiger partial charge in [-0.25, -0.2) is 13.2 Å². The molecule has 3 N–H and O–H groups in total. The highest BCUT2D eigenvalue weighted by Crippen LogP contribution is 2.24. The molecule has 8 nitrogen and oxygen atoms in total. The second kappa shape index (κ2) is 7.16. The number of nitrogens with two attached hydrogens (primary N) is 1. The molecule has 3 amide bonds. The van der Waals surface area contributed by atoms with Crippen LogP contribution >= 0.6 is 11.6 Å².